The average Bonchev–Trinajstić information content (AvgIpc) is 2.70. The molecule has 0 saturated carbocycles. The van der Waals surface area contributed by atoms with Gasteiger partial charge in [0.1, 0.15) is 0 Å². The van der Waals surface area contributed by atoms with Crippen molar-refractivity contribution < 1.29 is 9.53 Å². The monoisotopic (exact) mass is 448 g/mol. The Bertz CT molecular complexity index is 731. The van der Waals surface area contributed by atoms with Crippen LogP contribution in [0.15, 0.2) is 57.9 Å². The van der Waals surface area contributed by atoms with Crippen LogP contribution in [0.3, 0.4) is 0 Å². The number of benzene rings is 2. The van der Waals surface area contributed by atoms with E-state index in [0.717, 1.165) is 42.1 Å². The van der Waals surface area contributed by atoms with Crippen molar-refractivity contribution in [2.45, 2.75) is 17.9 Å². The van der Waals surface area contributed by atoms with Crippen molar-refractivity contribution in [2.75, 3.05) is 44.0 Å². The third-order valence-electron chi connectivity index (χ3n) is 4.56. The molecule has 6 heteroatoms. The Morgan fingerprint density at radius 3 is 2.44 bits per heavy atom. The molecule has 2 aromatic rings. The number of carbonyl (C=O) groups is 1. The second-order valence-corrected chi connectivity index (χ2v) is 8.65. The molecule has 1 aliphatic heterocycles. The number of hydrogen-bond donors (Lipinski definition) is 0. The van der Waals surface area contributed by atoms with Gasteiger partial charge in [-0.1, -0.05) is 28.1 Å². The van der Waals surface area contributed by atoms with Crippen molar-refractivity contribution in [3.05, 3.63) is 58.6 Å². The molecular weight excluding hydrogens is 424 g/mol. The molecule has 0 aliphatic carbocycles. The van der Waals surface area contributed by atoms with Gasteiger partial charge in [-0.15, -0.1) is 11.8 Å². The van der Waals surface area contributed by atoms with E-state index in [9.17, 15) is 4.79 Å². The Morgan fingerprint density at radius 2 is 1.78 bits per heavy atom. The molecule has 0 aromatic heterocycles. The van der Waals surface area contributed by atoms with E-state index in [4.69, 9.17) is 4.74 Å². The van der Waals surface area contributed by atoms with Crippen LogP contribution in [0, 0.1) is 0 Å². The van der Waals surface area contributed by atoms with Crippen LogP contribution in [0.25, 0.3) is 0 Å². The fourth-order valence-electron chi connectivity index (χ4n) is 2.97. The van der Waals surface area contributed by atoms with Gasteiger partial charge in [0.2, 0.25) is 5.91 Å². The maximum atomic E-state index is 12.4. The van der Waals surface area contributed by atoms with Gasteiger partial charge in [0.05, 0.1) is 13.2 Å². The molecular formula is C21H25BrN2O2S. The summed E-state index contributed by atoms with van der Waals surface area (Å²) in [7, 11) is 1.88. The van der Waals surface area contributed by atoms with Crippen LogP contribution >= 0.6 is 27.7 Å². The van der Waals surface area contributed by atoms with Gasteiger partial charge in [-0.25, -0.2) is 0 Å². The van der Waals surface area contributed by atoms with E-state index in [1.165, 1.54) is 10.6 Å². The summed E-state index contributed by atoms with van der Waals surface area (Å²) in [4.78, 5) is 17.7. The molecule has 1 aliphatic rings. The lowest BCUT2D eigenvalue weighted by atomic mass is 10.1. The van der Waals surface area contributed by atoms with Crippen LogP contribution in [-0.2, 0) is 16.1 Å². The van der Waals surface area contributed by atoms with Crippen LogP contribution in [0.4, 0.5) is 5.69 Å². The minimum Gasteiger partial charge on any atom is -0.378 e. The second-order valence-electron chi connectivity index (χ2n) is 6.57. The molecule has 27 heavy (non-hydrogen) atoms. The van der Waals surface area contributed by atoms with Crippen molar-refractivity contribution in [1.29, 1.82) is 0 Å². The summed E-state index contributed by atoms with van der Waals surface area (Å²) in [6.45, 7) is 4.10. The van der Waals surface area contributed by atoms with Gasteiger partial charge in [0.25, 0.3) is 0 Å². The van der Waals surface area contributed by atoms with Crippen molar-refractivity contribution in [1.82, 2.24) is 4.90 Å². The van der Waals surface area contributed by atoms with Crippen LogP contribution < -0.4 is 4.90 Å². The van der Waals surface area contributed by atoms with Crippen molar-refractivity contribution in [3.8, 4) is 0 Å². The molecule has 0 bridgehead atoms. The Balaban J connectivity index is 1.43. The van der Waals surface area contributed by atoms with E-state index in [2.05, 4.69) is 57.2 Å². The lowest BCUT2D eigenvalue weighted by Crippen LogP contribution is -2.36. The quantitative estimate of drug-likeness (QED) is 0.586. The van der Waals surface area contributed by atoms with Crippen molar-refractivity contribution >= 4 is 39.3 Å². The Hall–Kier alpha value is -1.50. The Kier molecular flexibility index (Phi) is 7.61. The SMILES string of the molecule is CN(Cc1ccc(N2CCOCC2)cc1)C(=O)CCSc1ccc(Br)cc1. The van der Waals surface area contributed by atoms with Crippen LogP contribution in [0.5, 0.6) is 0 Å². The molecule has 144 valence electrons. The molecule has 1 saturated heterocycles. The third kappa shape index (κ3) is 6.26. The zero-order valence-corrected chi connectivity index (χ0v) is 18.0. The van der Waals surface area contributed by atoms with E-state index < -0.39 is 0 Å². The minimum atomic E-state index is 0.178. The van der Waals surface area contributed by atoms with Gasteiger partial charge in [0.15, 0.2) is 0 Å². The number of thioether (sulfide) groups is 1. The topological polar surface area (TPSA) is 32.8 Å². The summed E-state index contributed by atoms with van der Waals surface area (Å²) >= 11 is 5.15. The molecule has 1 amide bonds. The van der Waals surface area contributed by atoms with E-state index in [1.807, 2.05) is 24.1 Å². The second kappa shape index (κ2) is 10.2. The van der Waals surface area contributed by atoms with Gasteiger partial charge in [0, 0.05) is 53.9 Å². The van der Waals surface area contributed by atoms with Gasteiger partial charge < -0.3 is 14.5 Å². The standard InChI is InChI=1S/C21H25BrN2O2S/c1-23(21(25)10-15-27-20-8-4-18(22)5-9-20)16-17-2-6-19(7-3-17)24-11-13-26-14-12-24/h2-9H,10-16H2,1H3. The van der Waals surface area contributed by atoms with Crippen molar-refractivity contribution in [2.24, 2.45) is 0 Å². The molecule has 4 nitrogen and oxygen atoms in total. The third-order valence-corrected chi connectivity index (χ3v) is 6.10. The van der Waals surface area contributed by atoms with Gasteiger partial charge in [-0.2, -0.15) is 0 Å². The molecule has 1 fully saturated rings. The number of rotatable bonds is 7. The summed E-state index contributed by atoms with van der Waals surface area (Å²) in [5.74, 6) is 0.970. The van der Waals surface area contributed by atoms with Crippen LogP contribution in [-0.4, -0.2) is 49.9 Å². The lowest BCUT2D eigenvalue weighted by Gasteiger charge is -2.29. The number of nitrogens with zero attached hydrogens (tertiary/aromatic N) is 2. The summed E-state index contributed by atoms with van der Waals surface area (Å²) in [5.41, 5.74) is 2.38. The highest BCUT2D eigenvalue weighted by Crippen LogP contribution is 2.22. The number of carbonyl (C=O) groups excluding carboxylic acids is 1. The first-order valence-electron chi connectivity index (χ1n) is 9.16. The smallest absolute Gasteiger partial charge is 0.223 e. The van der Waals surface area contributed by atoms with Gasteiger partial charge in [-0.05, 0) is 42.0 Å². The molecule has 0 N–H and O–H groups in total. The first-order chi connectivity index (χ1) is 13.1. The maximum Gasteiger partial charge on any atom is 0.223 e. The number of anilines is 1. The predicted octanol–water partition coefficient (Wildman–Crippen LogP) is 4.43. The maximum absolute atomic E-state index is 12.4. The first-order valence-corrected chi connectivity index (χ1v) is 10.9. The fourth-order valence-corrected chi connectivity index (χ4v) is 4.08. The Morgan fingerprint density at radius 1 is 1.11 bits per heavy atom. The molecule has 0 radical (unpaired) electrons. The van der Waals surface area contributed by atoms with E-state index in [1.54, 1.807) is 11.8 Å². The van der Waals surface area contributed by atoms with Crippen LogP contribution in [0.1, 0.15) is 12.0 Å². The van der Waals surface area contributed by atoms with Crippen LogP contribution in [0.2, 0.25) is 0 Å². The number of ether oxygens (including phenoxy) is 1. The lowest BCUT2D eigenvalue weighted by molar-refractivity contribution is -0.129. The highest BCUT2D eigenvalue weighted by molar-refractivity contribution is 9.10. The summed E-state index contributed by atoms with van der Waals surface area (Å²) in [5, 5.41) is 0. The zero-order valence-electron chi connectivity index (χ0n) is 15.6. The van der Waals surface area contributed by atoms with Crippen molar-refractivity contribution in [3.63, 3.8) is 0 Å². The van der Waals surface area contributed by atoms with E-state index >= 15 is 0 Å². The predicted molar refractivity (Wildman–Crippen MR) is 115 cm³/mol. The molecule has 0 atom stereocenters. The van der Waals surface area contributed by atoms with Gasteiger partial charge >= 0.3 is 0 Å². The van der Waals surface area contributed by atoms with Gasteiger partial charge in [-0.3, -0.25) is 4.79 Å². The molecule has 3 rings (SSSR count). The number of morpholine rings is 1. The fraction of sp³-hybridized carbons (Fsp3) is 0.381. The van der Waals surface area contributed by atoms with E-state index in [-0.39, 0.29) is 5.91 Å². The normalized spacial score (nSPS) is 14.2. The summed E-state index contributed by atoms with van der Waals surface area (Å²) < 4.78 is 6.47. The zero-order chi connectivity index (χ0) is 19.1. The largest absolute Gasteiger partial charge is 0.378 e. The van der Waals surface area contributed by atoms with E-state index in [0.29, 0.717) is 13.0 Å². The number of hydrogen-bond acceptors (Lipinski definition) is 4. The highest BCUT2D eigenvalue weighted by Gasteiger charge is 2.12. The molecule has 1 heterocycles. The molecule has 0 spiro atoms. The number of halogens is 1. The number of amides is 1. The average molecular weight is 449 g/mol. The minimum absolute atomic E-state index is 0.178. The molecule has 0 unspecified atom stereocenters. The first kappa shape index (κ1) is 20.2. The highest BCUT2D eigenvalue weighted by atomic mass is 79.9. The molecule has 2 aromatic carbocycles. The Labute approximate surface area is 174 Å². The summed E-state index contributed by atoms with van der Waals surface area (Å²) in [6.07, 6.45) is 0.545. The summed E-state index contributed by atoms with van der Waals surface area (Å²) in [6, 6.07) is 16.7.